The number of nitrogens with one attached hydrogen (secondary N) is 1. The SMILES string of the molecule is CCCNC(Cc1c(F)cccc1F)C1(CC)CCCC1. The summed E-state index contributed by atoms with van der Waals surface area (Å²) in [5.41, 5.74) is 0.440. The molecule has 1 aromatic carbocycles. The van der Waals surface area contributed by atoms with E-state index in [1.807, 2.05) is 0 Å². The van der Waals surface area contributed by atoms with Crippen molar-refractivity contribution in [2.75, 3.05) is 6.54 Å². The summed E-state index contributed by atoms with van der Waals surface area (Å²) >= 11 is 0. The van der Waals surface area contributed by atoms with Crippen LogP contribution >= 0.6 is 0 Å². The summed E-state index contributed by atoms with van der Waals surface area (Å²) in [6.07, 6.45) is 7.37. The summed E-state index contributed by atoms with van der Waals surface area (Å²) < 4.78 is 28.0. The molecule has 21 heavy (non-hydrogen) atoms. The maximum atomic E-state index is 14.0. The van der Waals surface area contributed by atoms with Gasteiger partial charge in [-0.2, -0.15) is 0 Å². The molecule has 0 radical (unpaired) electrons. The Kier molecular flexibility index (Phi) is 5.74. The van der Waals surface area contributed by atoms with Crippen molar-refractivity contribution in [1.29, 1.82) is 0 Å². The average Bonchev–Trinajstić information content (AvgIpc) is 2.96. The lowest BCUT2D eigenvalue weighted by atomic mass is 9.74. The van der Waals surface area contributed by atoms with Gasteiger partial charge in [0.1, 0.15) is 11.6 Å². The molecule has 1 N–H and O–H groups in total. The minimum absolute atomic E-state index is 0.163. The van der Waals surface area contributed by atoms with Crippen LogP contribution in [0.15, 0.2) is 18.2 Å². The summed E-state index contributed by atoms with van der Waals surface area (Å²) in [7, 11) is 0. The van der Waals surface area contributed by atoms with Crippen LogP contribution in [0.25, 0.3) is 0 Å². The molecule has 118 valence electrons. The molecule has 1 atom stereocenters. The van der Waals surface area contributed by atoms with Crippen molar-refractivity contribution in [2.45, 2.75) is 64.8 Å². The molecule has 1 aliphatic rings. The molecule has 1 aliphatic carbocycles. The van der Waals surface area contributed by atoms with Gasteiger partial charge in [-0.05, 0) is 56.2 Å². The molecule has 1 unspecified atom stereocenters. The van der Waals surface area contributed by atoms with Crippen LogP contribution in [-0.2, 0) is 6.42 Å². The van der Waals surface area contributed by atoms with Crippen molar-refractivity contribution >= 4 is 0 Å². The second kappa shape index (κ2) is 7.35. The molecule has 3 heteroatoms. The maximum absolute atomic E-state index is 14.0. The van der Waals surface area contributed by atoms with E-state index in [1.54, 1.807) is 0 Å². The minimum Gasteiger partial charge on any atom is -0.313 e. The molecule has 0 bridgehead atoms. The Labute approximate surface area is 127 Å². The molecule has 0 spiro atoms. The largest absolute Gasteiger partial charge is 0.313 e. The average molecular weight is 295 g/mol. The number of hydrogen-bond acceptors (Lipinski definition) is 1. The van der Waals surface area contributed by atoms with E-state index in [-0.39, 0.29) is 17.0 Å². The molecule has 0 saturated heterocycles. The molecule has 0 amide bonds. The lowest BCUT2D eigenvalue weighted by molar-refractivity contribution is 0.182. The van der Waals surface area contributed by atoms with Crippen LogP contribution in [0, 0.1) is 17.0 Å². The number of halogens is 2. The molecule has 0 aliphatic heterocycles. The highest BCUT2D eigenvalue weighted by atomic mass is 19.1. The first-order chi connectivity index (χ1) is 10.1. The van der Waals surface area contributed by atoms with Gasteiger partial charge in [0.25, 0.3) is 0 Å². The fourth-order valence-corrected chi connectivity index (χ4v) is 3.78. The predicted octanol–water partition coefficient (Wildman–Crippen LogP) is 4.85. The van der Waals surface area contributed by atoms with Crippen molar-refractivity contribution in [2.24, 2.45) is 5.41 Å². The van der Waals surface area contributed by atoms with E-state index in [0.29, 0.717) is 6.42 Å². The van der Waals surface area contributed by atoms with Crippen LogP contribution in [0.3, 0.4) is 0 Å². The fraction of sp³-hybridized carbons (Fsp3) is 0.667. The summed E-state index contributed by atoms with van der Waals surface area (Å²) in [4.78, 5) is 0. The first kappa shape index (κ1) is 16.4. The summed E-state index contributed by atoms with van der Waals surface area (Å²) in [6.45, 7) is 5.24. The highest BCUT2D eigenvalue weighted by Gasteiger charge is 2.39. The second-order valence-corrected chi connectivity index (χ2v) is 6.33. The van der Waals surface area contributed by atoms with Crippen LogP contribution in [-0.4, -0.2) is 12.6 Å². The van der Waals surface area contributed by atoms with Gasteiger partial charge in [-0.3, -0.25) is 0 Å². The molecule has 2 rings (SSSR count). The Morgan fingerprint density at radius 1 is 1.14 bits per heavy atom. The Hall–Kier alpha value is -0.960. The van der Waals surface area contributed by atoms with Gasteiger partial charge in [-0.15, -0.1) is 0 Å². The highest BCUT2D eigenvalue weighted by Crippen LogP contribution is 2.45. The molecule has 1 nitrogen and oxygen atoms in total. The third-order valence-electron chi connectivity index (χ3n) is 5.15. The van der Waals surface area contributed by atoms with Crippen molar-refractivity contribution in [3.63, 3.8) is 0 Å². The lowest BCUT2D eigenvalue weighted by Gasteiger charge is -2.38. The van der Waals surface area contributed by atoms with E-state index in [2.05, 4.69) is 19.2 Å². The van der Waals surface area contributed by atoms with Gasteiger partial charge < -0.3 is 5.32 Å². The first-order valence-corrected chi connectivity index (χ1v) is 8.29. The van der Waals surface area contributed by atoms with Gasteiger partial charge in [0.05, 0.1) is 0 Å². The zero-order valence-corrected chi connectivity index (χ0v) is 13.2. The normalized spacial score (nSPS) is 18.9. The Bertz CT molecular complexity index is 432. The van der Waals surface area contributed by atoms with Crippen LogP contribution in [0.5, 0.6) is 0 Å². The van der Waals surface area contributed by atoms with E-state index in [0.717, 1.165) is 19.4 Å². The second-order valence-electron chi connectivity index (χ2n) is 6.33. The van der Waals surface area contributed by atoms with Crippen molar-refractivity contribution in [3.05, 3.63) is 35.4 Å². The van der Waals surface area contributed by atoms with Gasteiger partial charge in [0, 0.05) is 11.6 Å². The zero-order valence-electron chi connectivity index (χ0n) is 13.2. The number of benzene rings is 1. The van der Waals surface area contributed by atoms with E-state index in [1.165, 1.54) is 43.9 Å². The highest BCUT2D eigenvalue weighted by molar-refractivity contribution is 5.21. The lowest BCUT2D eigenvalue weighted by Crippen LogP contribution is -2.45. The molecule has 0 heterocycles. The summed E-state index contributed by atoms with van der Waals surface area (Å²) in [5.74, 6) is -0.829. The minimum atomic E-state index is -0.414. The number of hydrogen-bond donors (Lipinski definition) is 1. The first-order valence-electron chi connectivity index (χ1n) is 8.29. The summed E-state index contributed by atoms with van der Waals surface area (Å²) in [6, 6.07) is 4.33. The molecule has 1 saturated carbocycles. The van der Waals surface area contributed by atoms with Crippen molar-refractivity contribution < 1.29 is 8.78 Å². The van der Waals surface area contributed by atoms with Crippen LogP contribution in [0.2, 0.25) is 0 Å². The van der Waals surface area contributed by atoms with Gasteiger partial charge >= 0.3 is 0 Å². The molecule has 1 aromatic rings. The summed E-state index contributed by atoms with van der Waals surface area (Å²) in [5, 5.41) is 3.57. The molecule has 1 fully saturated rings. The topological polar surface area (TPSA) is 12.0 Å². The van der Waals surface area contributed by atoms with E-state index < -0.39 is 11.6 Å². The third-order valence-corrected chi connectivity index (χ3v) is 5.15. The van der Waals surface area contributed by atoms with Crippen molar-refractivity contribution in [3.8, 4) is 0 Å². The van der Waals surface area contributed by atoms with Crippen LogP contribution in [0.4, 0.5) is 8.78 Å². The Morgan fingerprint density at radius 2 is 1.76 bits per heavy atom. The monoisotopic (exact) mass is 295 g/mol. The van der Waals surface area contributed by atoms with Gasteiger partial charge in [0.15, 0.2) is 0 Å². The van der Waals surface area contributed by atoms with Gasteiger partial charge in [-0.1, -0.05) is 32.8 Å². The van der Waals surface area contributed by atoms with E-state index in [9.17, 15) is 8.78 Å². The van der Waals surface area contributed by atoms with Gasteiger partial charge in [-0.25, -0.2) is 8.78 Å². The zero-order chi connectivity index (χ0) is 15.3. The van der Waals surface area contributed by atoms with Crippen molar-refractivity contribution in [1.82, 2.24) is 5.32 Å². The van der Waals surface area contributed by atoms with E-state index in [4.69, 9.17) is 0 Å². The number of rotatable bonds is 7. The maximum Gasteiger partial charge on any atom is 0.129 e. The smallest absolute Gasteiger partial charge is 0.129 e. The quantitative estimate of drug-likeness (QED) is 0.758. The molecule has 0 aromatic heterocycles. The van der Waals surface area contributed by atoms with E-state index >= 15 is 0 Å². The van der Waals surface area contributed by atoms with Crippen LogP contribution < -0.4 is 5.32 Å². The Morgan fingerprint density at radius 3 is 2.29 bits per heavy atom. The third kappa shape index (κ3) is 3.63. The standard InChI is InChI=1S/C18H27F2N/c1-3-12-21-17(18(4-2)10-5-6-11-18)13-14-15(19)8-7-9-16(14)20/h7-9,17,21H,3-6,10-13H2,1-2H3. The van der Waals surface area contributed by atoms with Crippen LogP contribution in [0.1, 0.15) is 57.9 Å². The van der Waals surface area contributed by atoms with Gasteiger partial charge in [0.2, 0.25) is 0 Å². The fourth-order valence-electron chi connectivity index (χ4n) is 3.78. The molecular weight excluding hydrogens is 268 g/mol. The molecular formula is C18H27F2N. The predicted molar refractivity (Wildman–Crippen MR) is 83.3 cm³/mol. The Balaban J connectivity index is 2.24.